The number of carbonyl (C=O) groups excluding carboxylic acids is 1. The third-order valence-electron chi connectivity index (χ3n) is 2.14. The number of alkyl halides is 3. The Hall–Kier alpha value is -1.25. The SMILES string of the molecule is CC(C)(C)OC(=O)N1CCC=C(OS(=O)C(F)(F)F)C1. The van der Waals surface area contributed by atoms with Crippen LogP contribution in [0.25, 0.3) is 0 Å². The van der Waals surface area contributed by atoms with Gasteiger partial charge in [-0.15, -0.1) is 0 Å². The zero-order valence-electron chi connectivity index (χ0n) is 11.3. The third-order valence-corrected chi connectivity index (χ3v) is 2.88. The van der Waals surface area contributed by atoms with Crippen molar-refractivity contribution in [3.8, 4) is 0 Å². The third kappa shape index (κ3) is 5.40. The largest absolute Gasteiger partial charge is 0.508 e. The summed E-state index contributed by atoms with van der Waals surface area (Å²) in [5.74, 6) is -0.155. The number of halogens is 3. The van der Waals surface area contributed by atoms with E-state index in [-0.39, 0.29) is 12.3 Å². The molecular formula is C11H16F3NO4S. The van der Waals surface area contributed by atoms with Crippen LogP contribution in [0.15, 0.2) is 11.8 Å². The molecule has 0 aromatic rings. The number of rotatable bonds is 2. The highest BCUT2D eigenvalue weighted by Crippen LogP contribution is 2.24. The number of carbonyl (C=O) groups is 1. The van der Waals surface area contributed by atoms with E-state index in [0.717, 1.165) is 0 Å². The summed E-state index contributed by atoms with van der Waals surface area (Å²) in [5.41, 5.74) is -5.65. The van der Waals surface area contributed by atoms with Crippen molar-refractivity contribution < 1.29 is 31.1 Å². The van der Waals surface area contributed by atoms with Crippen LogP contribution in [0.1, 0.15) is 27.2 Å². The van der Waals surface area contributed by atoms with Crippen molar-refractivity contribution in [1.29, 1.82) is 0 Å². The molecule has 0 radical (unpaired) electrons. The summed E-state index contributed by atoms with van der Waals surface area (Å²) >= 11 is -3.43. The smallest absolute Gasteiger partial charge is 0.444 e. The molecule has 1 aliphatic heterocycles. The highest BCUT2D eigenvalue weighted by molar-refractivity contribution is 7.81. The van der Waals surface area contributed by atoms with Gasteiger partial charge in [0.25, 0.3) is 0 Å². The summed E-state index contributed by atoms with van der Waals surface area (Å²) in [6, 6.07) is 0. The van der Waals surface area contributed by atoms with Crippen LogP contribution in [0, 0.1) is 0 Å². The van der Waals surface area contributed by atoms with Crippen molar-refractivity contribution in [2.24, 2.45) is 0 Å². The molecule has 1 atom stereocenters. The minimum atomic E-state index is -4.95. The van der Waals surface area contributed by atoms with Crippen LogP contribution in [0.4, 0.5) is 18.0 Å². The van der Waals surface area contributed by atoms with Gasteiger partial charge in [0.2, 0.25) is 0 Å². The molecule has 1 heterocycles. The summed E-state index contributed by atoms with van der Waals surface area (Å²) in [6.07, 6.45) is 1.04. The summed E-state index contributed by atoms with van der Waals surface area (Å²) in [7, 11) is 0. The van der Waals surface area contributed by atoms with Gasteiger partial charge >= 0.3 is 22.7 Å². The molecule has 1 rings (SSSR count). The monoisotopic (exact) mass is 315 g/mol. The zero-order chi connectivity index (χ0) is 15.6. The second-order valence-corrected chi connectivity index (χ2v) is 6.22. The average molecular weight is 315 g/mol. The normalized spacial score (nSPS) is 18.3. The van der Waals surface area contributed by atoms with E-state index >= 15 is 0 Å². The summed E-state index contributed by atoms with van der Waals surface area (Å²) in [6.45, 7) is 5.15. The zero-order valence-corrected chi connectivity index (χ0v) is 12.1. The Morgan fingerprint density at radius 2 is 1.95 bits per heavy atom. The molecule has 0 bridgehead atoms. The van der Waals surface area contributed by atoms with Gasteiger partial charge in [0.15, 0.2) is 0 Å². The quantitative estimate of drug-likeness (QED) is 0.786. The Morgan fingerprint density at radius 1 is 1.35 bits per heavy atom. The maximum atomic E-state index is 12.1. The molecule has 1 aliphatic rings. The van der Waals surface area contributed by atoms with Crippen molar-refractivity contribution in [2.75, 3.05) is 13.1 Å². The van der Waals surface area contributed by atoms with Gasteiger partial charge in [0, 0.05) is 6.54 Å². The first-order valence-electron chi connectivity index (χ1n) is 5.83. The van der Waals surface area contributed by atoms with Crippen molar-refractivity contribution in [2.45, 2.75) is 38.3 Å². The van der Waals surface area contributed by atoms with Crippen molar-refractivity contribution in [1.82, 2.24) is 4.90 Å². The molecule has 5 nitrogen and oxygen atoms in total. The molecule has 116 valence electrons. The fraction of sp³-hybridized carbons (Fsp3) is 0.727. The van der Waals surface area contributed by atoms with E-state index in [2.05, 4.69) is 4.18 Å². The van der Waals surface area contributed by atoms with E-state index in [4.69, 9.17) is 4.74 Å². The minimum Gasteiger partial charge on any atom is -0.444 e. The lowest BCUT2D eigenvalue weighted by molar-refractivity contribution is -0.0459. The second-order valence-electron chi connectivity index (χ2n) is 5.12. The molecule has 0 saturated heterocycles. The highest BCUT2D eigenvalue weighted by Gasteiger charge is 2.40. The Labute approximate surface area is 117 Å². The Kier molecular flexibility index (Phi) is 5.06. The first-order chi connectivity index (χ1) is 8.99. The number of amides is 1. The van der Waals surface area contributed by atoms with Gasteiger partial charge in [0.05, 0.1) is 6.54 Å². The molecule has 0 N–H and O–H groups in total. The Balaban J connectivity index is 2.61. The summed E-state index contributed by atoms with van der Waals surface area (Å²) in [5, 5.41) is 0. The predicted octanol–water partition coefficient (Wildman–Crippen LogP) is 2.71. The van der Waals surface area contributed by atoms with E-state index in [1.807, 2.05) is 0 Å². The van der Waals surface area contributed by atoms with E-state index in [1.165, 1.54) is 11.0 Å². The lowest BCUT2D eigenvalue weighted by atomic mass is 10.2. The van der Waals surface area contributed by atoms with E-state index in [0.29, 0.717) is 13.0 Å². The first kappa shape index (κ1) is 16.8. The fourth-order valence-corrected chi connectivity index (χ4v) is 1.81. The standard InChI is InChI=1S/C11H16F3NO4S/c1-10(2,3)18-9(16)15-6-4-5-8(7-15)19-20(17)11(12,13)14/h5H,4,6-7H2,1-3H3. The van der Waals surface area contributed by atoms with Crippen LogP contribution in [-0.4, -0.2) is 39.4 Å². The van der Waals surface area contributed by atoms with Gasteiger partial charge in [-0.25, -0.2) is 9.00 Å². The molecule has 1 amide bonds. The van der Waals surface area contributed by atoms with Crippen molar-refractivity contribution >= 4 is 17.2 Å². The van der Waals surface area contributed by atoms with Crippen LogP contribution in [0.5, 0.6) is 0 Å². The predicted molar refractivity (Wildman–Crippen MR) is 65.8 cm³/mol. The van der Waals surface area contributed by atoms with Gasteiger partial charge in [-0.1, -0.05) is 0 Å². The second kappa shape index (κ2) is 6.02. The molecule has 0 saturated carbocycles. The van der Waals surface area contributed by atoms with Gasteiger partial charge < -0.3 is 13.8 Å². The van der Waals surface area contributed by atoms with Gasteiger partial charge in [-0.3, -0.25) is 0 Å². The van der Waals surface area contributed by atoms with E-state index in [9.17, 15) is 22.2 Å². The first-order valence-corrected chi connectivity index (χ1v) is 6.90. The molecule has 0 aromatic carbocycles. The Morgan fingerprint density at radius 3 is 2.45 bits per heavy atom. The van der Waals surface area contributed by atoms with Crippen LogP contribution in [-0.2, 0) is 20.0 Å². The minimum absolute atomic E-state index is 0.155. The lowest BCUT2D eigenvalue weighted by Gasteiger charge is -2.29. The molecule has 0 aliphatic carbocycles. The lowest BCUT2D eigenvalue weighted by Crippen LogP contribution is -2.40. The van der Waals surface area contributed by atoms with Crippen LogP contribution >= 0.6 is 0 Å². The van der Waals surface area contributed by atoms with Gasteiger partial charge in [-0.2, -0.15) is 13.2 Å². The molecule has 20 heavy (non-hydrogen) atoms. The maximum Gasteiger partial charge on any atom is 0.508 e. The molecule has 0 aromatic heterocycles. The summed E-state index contributed by atoms with van der Waals surface area (Å²) in [4.78, 5) is 13.0. The van der Waals surface area contributed by atoms with E-state index in [1.54, 1.807) is 20.8 Å². The Bertz CT molecular complexity index is 428. The van der Waals surface area contributed by atoms with E-state index < -0.39 is 28.3 Å². The average Bonchev–Trinajstić information content (AvgIpc) is 2.25. The highest BCUT2D eigenvalue weighted by atomic mass is 32.2. The molecule has 1 unspecified atom stereocenters. The van der Waals surface area contributed by atoms with Crippen molar-refractivity contribution in [3.05, 3.63) is 11.8 Å². The molecular weight excluding hydrogens is 299 g/mol. The van der Waals surface area contributed by atoms with Crippen LogP contribution in [0.3, 0.4) is 0 Å². The molecule has 0 spiro atoms. The van der Waals surface area contributed by atoms with Crippen LogP contribution < -0.4 is 0 Å². The van der Waals surface area contributed by atoms with Gasteiger partial charge in [0.1, 0.15) is 11.4 Å². The summed E-state index contributed by atoms with van der Waals surface area (Å²) < 4.78 is 56.6. The number of hydrogen-bond acceptors (Lipinski definition) is 4. The molecule has 0 fully saturated rings. The van der Waals surface area contributed by atoms with Crippen LogP contribution in [0.2, 0.25) is 0 Å². The molecule has 9 heteroatoms. The number of nitrogens with zero attached hydrogens (tertiary/aromatic N) is 1. The topological polar surface area (TPSA) is 55.8 Å². The fourth-order valence-electron chi connectivity index (χ4n) is 1.40. The van der Waals surface area contributed by atoms with Gasteiger partial charge in [-0.05, 0) is 33.3 Å². The number of ether oxygens (including phenoxy) is 1. The number of hydrogen-bond donors (Lipinski definition) is 0. The maximum absolute atomic E-state index is 12.1. The van der Waals surface area contributed by atoms with Crippen molar-refractivity contribution in [3.63, 3.8) is 0 Å².